The summed E-state index contributed by atoms with van der Waals surface area (Å²) < 4.78 is 4.83. The van der Waals surface area contributed by atoms with E-state index >= 15 is 0 Å². The Balaban J connectivity index is 2.04. The standard InChI is InChI=1S/C10H9N3O3S/c1-6-12-8(13-16-6)5-17-9-4-7(10(14)15)2-3-11-9/h2-4H,5H2,1H3,(H,14,15). The molecule has 0 fully saturated rings. The van der Waals surface area contributed by atoms with Gasteiger partial charge in [0.1, 0.15) is 0 Å². The van der Waals surface area contributed by atoms with Crippen LogP contribution in [0, 0.1) is 6.92 Å². The van der Waals surface area contributed by atoms with E-state index in [1.165, 1.54) is 30.1 Å². The normalized spacial score (nSPS) is 10.4. The molecule has 0 spiro atoms. The lowest BCUT2D eigenvalue weighted by Gasteiger charge is -1.98. The van der Waals surface area contributed by atoms with Crippen molar-refractivity contribution in [3.05, 3.63) is 35.6 Å². The third-order valence-electron chi connectivity index (χ3n) is 1.90. The maximum atomic E-state index is 10.8. The summed E-state index contributed by atoms with van der Waals surface area (Å²) in [5.74, 6) is 0.598. The molecule has 0 aliphatic carbocycles. The highest BCUT2D eigenvalue weighted by Crippen LogP contribution is 2.20. The van der Waals surface area contributed by atoms with Gasteiger partial charge in [-0.3, -0.25) is 0 Å². The van der Waals surface area contributed by atoms with Crippen molar-refractivity contribution in [1.29, 1.82) is 0 Å². The first-order chi connectivity index (χ1) is 8.15. The Kier molecular flexibility index (Phi) is 3.38. The first-order valence-electron chi connectivity index (χ1n) is 4.76. The minimum absolute atomic E-state index is 0.215. The van der Waals surface area contributed by atoms with Gasteiger partial charge >= 0.3 is 5.97 Å². The number of aryl methyl sites for hydroxylation is 1. The number of rotatable bonds is 4. The summed E-state index contributed by atoms with van der Waals surface area (Å²) in [4.78, 5) is 18.9. The molecule has 0 amide bonds. The van der Waals surface area contributed by atoms with Crippen LogP contribution >= 0.6 is 11.8 Å². The zero-order chi connectivity index (χ0) is 12.3. The zero-order valence-electron chi connectivity index (χ0n) is 8.95. The fourth-order valence-corrected chi connectivity index (χ4v) is 1.90. The highest BCUT2D eigenvalue weighted by Gasteiger charge is 2.07. The van der Waals surface area contributed by atoms with Gasteiger partial charge in [0, 0.05) is 13.1 Å². The molecule has 0 atom stereocenters. The van der Waals surface area contributed by atoms with Crippen LogP contribution in [0.4, 0.5) is 0 Å². The predicted octanol–water partition coefficient (Wildman–Crippen LogP) is 1.76. The quantitative estimate of drug-likeness (QED) is 0.828. The molecule has 17 heavy (non-hydrogen) atoms. The molecule has 2 aromatic heterocycles. The molecule has 2 rings (SSSR count). The van der Waals surface area contributed by atoms with Crippen LogP contribution in [-0.2, 0) is 5.75 Å². The lowest BCUT2D eigenvalue weighted by atomic mass is 10.3. The van der Waals surface area contributed by atoms with E-state index in [0.717, 1.165) is 0 Å². The molecular formula is C10H9N3O3S. The van der Waals surface area contributed by atoms with Crippen molar-refractivity contribution in [2.24, 2.45) is 0 Å². The third-order valence-corrected chi connectivity index (χ3v) is 2.82. The van der Waals surface area contributed by atoms with Crippen LogP contribution in [0.25, 0.3) is 0 Å². The van der Waals surface area contributed by atoms with Crippen LogP contribution < -0.4 is 0 Å². The number of hydrogen-bond acceptors (Lipinski definition) is 6. The Morgan fingerprint density at radius 3 is 3.06 bits per heavy atom. The second-order valence-electron chi connectivity index (χ2n) is 3.21. The SMILES string of the molecule is Cc1nc(CSc2cc(C(=O)O)ccn2)no1. The molecule has 0 unspecified atom stereocenters. The molecule has 2 heterocycles. The van der Waals surface area contributed by atoms with Crippen LogP contribution in [0.1, 0.15) is 22.1 Å². The second kappa shape index (κ2) is 4.96. The summed E-state index contributed by atoms with van der Waals surface area (Å²) in [6, 6.07) is 2.96. The highest BCUT2D eigenvalue weighted by molar-refractivity contribution is 7.98. The molecule has 7 heteroatoms. The van der Waals surface area contributed by atoms with Crippen LogP contribution in [0.2, 0.25) is 0 Å². The number of aromatic carboxylic acids is 1. The van der Waals surface area contributed by atoms with Crippen molar-refractivity contribution < 1.29 is 14.4 Å². The Hall–Kier alpha value is -1.89. The Morgan fingerprint density at radius 1 is 1.59 bits per heavy atom. The number of pyridine rings is 1. The van der Waals surface area contributed by atoms with Crippen LogP contribution in [-0.4, -0.2) is 26.2 Å². The summed E-state index contributed by atoms with van der Waals surface area (Å²) in [6.45, 7) is 1.71. The second-order valence-corrected chi connectivity index (χ2v) is 4.20. The van der Waals surface area contributed by atoms with Gasteiger partial charge in [0.15, 0.2) is 5.82 Å². The number of carboxylic acids is 1. The van der Waals surface area contributed by atoms with E-state index in [0.29, 0.717) is 22.5 Å². The molecule has 0 saturated heterocycles. The van der Waals surface area contributed by atoms with Gasteiger partial charge in [-0.2, -0.15) is 4.98 Å². The fourth-order valence-electron chi connectivity index (χ4n) is 1.16. The molecule has 0 radical (unpaired) electrons. The monoisotopic (exact) mass is 251 g/mol. The van der Waals surface area contributed by atoms with Crippen molar-refractivity contribution in [2.75, 3.05) is 0 Å². The lowest BCUT2D eigenvalue weighted by molar-refractivity contribution is 0.0696. The van der Waals surface area contributed by atoms with Gasteiger partial charge in [-0.05, 0) is 12.1 Å². The van der Waals surface area contributed by atoms with Crippen molar-refractivity contribution in [3.63, 3.8) is 0 Å². The summed E-state index contributed by atoms with van der Waals surface area (Å²) in [5, 5.41) is 13.2. The number of hydrogen-bond donors (Lipinski definition) is 1. The summed E-state index contributed by atoms with van der Waals surface area (Å²) in [6.07, 6.45) is 1.47. The molecule has 0 aliphatic rings. The summed E-state index contributed by atoms with van der Waals surface area (Å²) in [5.41, 5.74) is 0.215. The minimum Gasteiger partial charge on any atom is -0.478 e. The first-order valence-corrected chi connectivity index (χ1v) is 5.75. The smallest absolute Gasteiger partial charge is 0.335 e. The largest absolute Gasteiger partial charge is 0.478 e. The Labute approximate surface area is 101 Å². The molecule has 0 aliphatic heterocycles. The van der Waals surface area contributed by atoms with Crippen LogP contribution in [0.15, 0.2) is 27.9 Å². The van der Waals surface area contributed by atoms with E-state index in [1.54, 1.807) is 6.92 Å². The molecule has 6 nitrogen and oxygen atoms in total. The fraction of sp³-hybridized carbons (Fsp3) is 0.200. The average Bonchev–Trinajstić information content (AvgIpc) is 2.73. The summed E-state index contributed by atoms with van der Waals surface area (Å²) >= 11 is 1.36. The predicted molar refractivity (Wildman–Crippen MR) is 59.8 cm³/mol. The highest BCUT2D eigenvalue weighted by atomic mass is 32.2. The van der Waals surface area contributed by atoms with Gasteiger partial charge in [-0.1, -0.05) is 16.9 Å². The number of carbonyl (C=O) groups is 1. The van der Waals surface area contributed by atoms with Crippen molar-refractivity contribution in [2.45, 2.75) is 17.7 Å². The Bertz CT molecular complexity index is 541. The average molecular weight is 251 g/mol. The maximum absolute atomic E-state index is 10.8. The lowest BCUT2D eigenvalue weighted by Crippen LogP contribution is -1.97. The molecule has 88 valence electrons. The molecule has 0 aromatic carbocycles. The van der Waals surface area contributed by atoms with E-state index in [4.69, 9.17) is 9.63 Å². The van der Waals surface area contributed by atoms with Gasteiger partial charge in [0.2, 0.25) is 5.89 Å². The van der Waals surface area contributed by atoms with Crippen molar-refractivity contribution in [1.82, 2.24) is 15.1 Å². The van der Waals surface area contributed by atoms with E-state index < -0.39 is 5.97 Å². The van der Waals surface area contributed by atoms with Crippen LogP contribution in [0.3, 0.4) is 0 Å². The van der Waals surface area contributed by atoms with Crippen LogP contribution in [0.5, 0.6) is 0 Å². The molecule has 0 saturated carbocycles. The van der Waals surface area contributed by atoms with Crippen molar-refractivity contribution in [3.8, 4) is 0 Å². The third kappa shape index (κ3) is 3.04. The van der Waals surface area contributed by atoms with Gasteiger partial charge in [0.05, 0.1) is 16.3 Å². The number of carboxylic acid groups (broad SMARTS) is 1. The molecule has 0 bridgehead atoms. The van der Waals surface area contributed by atoms with E-state index in [-0.39, 0.29) is 5.56 Å². The Morgan fingerprint density at radius 2 is 2.41 bits per heavy atom. The zero-order valence-corrected chi connectivity index (χ0v) is 9.77. The topological polar surface area (TPSA) is 89.1 Å². The minimum atomic E-state index is -0.968. The number of aromatic nitrogens is 3. The van der Waals surface area contributed by atoms with E-state index in [2.05, 4.69) is 15.1 Å². The van der Waals surface area contributed by atoms with E-state index in [1.807, 2.05) is 0 Å². The maximum Gasteiger partial charge on any atom is 0.335 e. The molecule has 1 N–H and O–H groups in total. The molecular weight excluding hydrogens is 242 g/mol. The van der Waals surface area contributed by atoms with Gasteiger partial charge in [0.25, 0.3) is 0 Å². The van der Waals surface area contributed by atoms with Gasteiger partial charge < -0.3 is 9.63 Å². The van der Waals surface area contributed by atoms with Gasteiger partial charge in [-0.15, -0.1) is 0 Å². The van der Waals surface area contributed by atoms with Crippen molar-refractivity contribution >= 4 is 17.7 Å². The summed E-state index contributed by atoms with van der Waals surface area (Å²) in [7, 11) is 0. The number of nitrogens with zero attached hydrogens (tertiary/aromatic N) is 3. The number of thioether (sulfide) groups is 1. The first kappa shape index (κ1) is 11.6. The van der Waals surface area contributed by atoms with E-state index in [9.17, 15) is 4.79 Å². The van der Waals surface area contributed by atoms with Gasteiger partial charge in [-0.25, -0.2) is 9.78 Å². The molecule has 2 aromatic rings.